The number of carbonyl (C=O) groups is 1. The first-order valence-corrected chi connectivity index (χ1v) is 6.20. The number of nitrogens with zero attached hydrogens (tertiary/aromatic N) is 2. The third kappa shape index (κ3) is 3.06. The number of hydrogen-bond acceptors (Lipinski definition) is 3. The van der Waals surface area contributed by atoms with Crippen LogP contribution in [0.1, 0.15) is 26.2 Å². The van der Waals surface area contributed by atoms with Gasteiger partial charge in [0, 0.05) is 25.5 Å². The molecule has 1 unspecified atom stereocenters. The van der Waals surface area contributed by atoms with Crippen LogP contribution >= 0.6 is 0 Å². The third-order valence-electron chi connectivity index (χ3n) is 3.31. The Labute approximate surface area is 102 Å². The molecule has 1 saturated heterocycles. The van der Waals surface area contributed by atoms with E-state index in [1.54, 1.807) is 12.5 Å². The van der Waals surface area contributed by atoms with Crippen LogP contribution in [0, 0.1) is 0 Å². The average Bonchev–Trinajstić information content (AvgIpc) is 2.96. The Hall–Kier alpha value is -1.36. The summed E-state index contributed by atoms with van der Waals surface area (Å²) in [5.74, 6) is 0.126. The molecule has 1 aromatic heterocycles. The molecule has 0 spiro atoms. The number of aromatic nitrogens is 2. The van der Waals surface area contributed by atoms with Gasteiger partial charge in [-0.15, -0.1) is 0 Å². The minimum Gasteiger partial charge on any atom is -0.354 e. The fraction of sp³-hybridized carbons (Fsp3) is 0.667. The van der Waals surface area contributed by atoms with Crippen molar-refractivity contribution in [1.29, 1.82) is 0 Å². The fourth-order valence-electron chi connectivity index (χ4n) is 2.17. The van der Waals surface area contributed by atoms with Gasteiger partial charge in [0.2, 0.25) is 5.91 Å². The minimum atomic E-state index is -0.352. The monoisotopic (exact) mass is 236 g/mol. The first-order valence-electron chi connectivity index (χ1n) is 6.20. The maximum Gasteiger partial charge on any atom is 0.240 e. The molecule has 2 rings (SSSR count). The van der Waals surface area contributed by atoms with Crippen LogP contribution in [-0.4, -0.2) is 34.1 Å². The zero-order valence-electron chi connectivity index (χ0n) is 10.3. The maximum atomic E-state index is 11.9. The Morgan fingerprint density at radius 3 is 3.18 bits per heavy atom. The van der Waals surface area contributed by atoms with Gasteiger partial charge < -0.3 is 15.2 Å². The van der Waals surface area contributed by atoms with Gasteiger partial charge in [-0.1, -0.05) is 0 Å². The Balaban J connectivity index is 1.66. The van der Waals surface area contributed by atoms with Gasteiger partial charge in [0.15, 0.2) is 0 Å². The number of hydrogen-bond donors (Lipinski definition) is 2. The summed E-state index contributed by atoms with van der Waals surface area (Å²) in [6, 6.07) is 0. The maximum absolute atomic E-state index is 11.9. The average molecular weight is 236 g/mol. The van der Waals surface area contributed by atoms with Crippen LogP contribution in [0.25, 0.3) is 0 Å². The molecule has 1 amide bonds. The molecule has 0 bridgehead atoms. The summed E-state index contributed by atoms with van der Waals surface area (Å²) in [7, 11) is 0. The lowest BCUT2D eigenvalue weighted by Gasteiger charge is -2.23. The van der Waals surface area contributed by atoms with Crippen molar-refractivity contribution < 1.29 is 4.79 Å². The Morgan fingerprint density at radius 2 is 2.53 bits per heavy atom. The fourth-order valence-corrected chi connectivity index (χ4v) is 2.17. The van der Waals surface area contributed by atoms with E-state index in [0.29, 0.717) is 6.54 Å². The Kier molecular flexibility index (Phi) is 3.78. The topological polar surface area (TPSA) is 59.0 Å². The molecule has 2 N–H and O–H groups in total. The zero-order valence-corrected chi connectivity index (χ0v) is 10.3. The molecule has 17 heavy (non-hydrogen) atoms. The van der Waals surface area contributed by atoms with Gasteiger partial charge in [-0.05, 0) is 32.7 Å². The number of aryl methyl sites for hydroxylation is 1. The standard InChI is InChI=1S/C12H20N4O/c1-12(4-2-6-15-12)11(17)14-5-3-8-16-9-7-13-10-16/h7,9-10,15H,2-6,8H2,1H3,(H,14,17). The summed E-state index contributed by atoms with van der Waals surface area (Å²) >= 11 is 0. The van der Waals surface area contributed by atoms with Crippen LogP contribution in [0.4, 0.5) is 0 Å². The second kappa shape index (κ2) is 5.31. The second-order valence-electron chi connectivity index (χ2n) is 4.77. The Morgan fingerprint density at radius 1 is 1.65 bits per heavy atom. The summed E-state index contributed by atoms with van der Waals surface area (Å²) in [5.41, 5.74) is -0.352. The van der Waals surface area contributed by atoms with Gasteiger partial charge >= 0.3 is 0 Å². The molecule has 94 valence electrons. The lowest BCUT2D eigenvalue weighted by atomic mass is 9.99. The van der Waals surface area contributed by atoms with Gasteiger partial charge in [0.05, 0.1) is 11.9 Å². The van der Waals surface area contributed by atoms with E-state index < -0.39 is 0 Å². The number of amides is 1. The van der Waals surface area contributed by atoms with Crippen molar-refractivity contribution >= 4 is 5.91 Å². The molecule has 1 aliphatic heterocycles. The van der Waals surface area contributed by atoms with Crippen LogP contribution < -0.4 is 10.6 Å². The van der Waals surface area contributed by atoms with Crippen molar-refractivity contribution in [3.8, 4) is 0 Å². The summed E-state index contributed by atoms with van der Waals surface area (Å²) in [6.45, 7) is 4.53. The predicted molar refractivity (Wildman–Crippen MR) is 65.5 cm³/mol. The summed E-state index contributed by atoms with van der Waals surface area (Å²) < 4.78 is 2.02. The summed E-state index contributed by atoms with van der Waals surface area (Å²) in [5, 5.41) is 6.25. The van der Waals surface area contributed by atoms with E-state index in [9.17, 15) is 4.79 Å². The highest BCUT2D eigenvalue weighted by molar-refractivity contribution is 5.86. The number of carbonyl (C=O) groups excluding carboxylic acids is 1. The van der Waals surface area contributed by atoms with Gasteiger partial charge in [-0.25, -0.2) is 4.98 Å². The van der Waals surface area contributed by atoms with E-state index in [1.807, 2.05) is 17.7 Å². The van der Waals surface area contributed by atoms with E-state index >= 15 is 0 Å². The molecule has 0 aromatic carbocycles. The first kappa shape index (κ1) is 12.1. The first-order chi connectivity index (χ1) is 8.21. The smallest absolute Gasteiger partial charge is 0.240 e. The number of rotatable bonds is 5. The molecule has 0 aliphatic carbocycles. The van der Waals surface area contributed by atoms with Crippen molar-refractivity contribution in [2.24, 2.45) is 0 Å². The molecule has 5 heteroatoms. The molecular formula is C12H20N4O. The van der Waals surface area contributed by atoms with E-state index in [-0.39, 0.29) is 11.4 Å². The lowest BCUT2D eigenvalue weighted by molar-refractivity contribution is -0.126. The van der Waals surface area contributed by atoms with E-state index in [0.717, 1.165) is 32.4 Å². The number of nitrogens with one attached hydrogen (secondary N) is 2. The van der Waals surface area contributed by atoms with E-state index in [1.165, 1.54) is 0 Å². The molecule has 0 saturated carbocycles. The largest absolute Gasteiger partial charge is 0.354 e. The van der Waals surface area contributed by atoms with Crippen LogP contribution in [0.15, 0.2) is 18.7 Å². The second-order valence-corrected chi connectivity index (χ2v) is 4.77. The molecule has 0 radical (unpaired) electrons. The van der Waals surface area contributed by atoms with Crippen molar-refractivity contribution in [2.75, 3.05) is 13.1 Å². The third-order valence-corrected chi connectivity index (χ3v) is 3.31. The van der Waals surface area contributed by atoms with Gasteiger partial charge in [-0.3, -0.25) is 4.79 Å². The Bertz CT molecular complexity index is 355. The highest BCUT2D eigenvalue weighted by Crippen LogP contribution is 2.18. The van der Waals surface area contributed by atoms with E-state index in [4.69, 9.17) is 0 Å². The van der Waals surface area contributed by atoms with Crippen LogP contribution in [0.2, 0.25) is 0 Å². The highest BCUT2D eigenvalue weighted by atomic mass is 16.2. The summed E-state index contributed by atoms with van der Waals surface area (Å²) in [6.07, 6.45) is 8.43. The molecule has 1 atom stereocenters. The quantitative estimate of drug-likeness (QED) is 0.733. The minimum absolute atomic E-state index is 0.126. The molecule has 1 aliphatic rings. The normalized spacial score (nSPS) is 23.8. The van der Waals surface area contributed by atoms with Crippen LogP contribution in [0.5, 0.6) is 0 Å². The highest BCUT2D eigenvalue weighted by Gasteiger charge is 2.35. The SMILES string of the molecule is CC1(C(=O)NCCCn2ccnc2)CCCN1. The van der Waals surface area contributed by atoms with E-state index in [2.05, 4.69) is 15.6 Å². The molecule has 1 fully saturated rings. The molecule has 5 nitrogen and oxygen atoms in total. The van der Waals surface area contributed by atoms with Crippen molar-refractivity contribution in [3.05, 3.63) is 18.7 Å². The van der Waals surface area contributed by atoms with Crippen LogP contribution in [0.3, 0.4) is 0 Å². The van der Waals surface area contributed by atoms with Gasteiger partial charge in [-0.2, -0.15) is 0 Å². The predicted octanol–water partition coefficient (Wildman–Crippen LogP) is 0.531. The molecule has 2 heterocycles. The number of imidazole rings is 1. The molecule has 1 aromatic rings. The molecular weight excluding hydrogens is 216 g/mol. The summed E-state index contributed by atoms with van der Waals surface area (Å²) in [4.78, 5) is 15.9. The van der Waals surface area contributed by atoms with Crippen LogP contribution in [-0.2, 0) is 11.3 Å². The van der Waals surface area contributed by atoms with Crippen molar-refractivity contribution in [2.45, 2.75) is 38.3 Å². The lowest BCUT2D eigenvalue weighted by Crippen LogP contribution is -2.51. The van der Waals surface area contributed by atoms with Gasteiger partial charge in [0.1, 0.15) is 0 Å². The van der Waals surface area contributed by atoms with Crippen molar-refractivity contribution in [3.63, 3.8) is 0 Å². The zero-order chi connectivity index (χ0) is 12.1. The van der Waals surface area contributed by atoms with Gasteiger partial charge in [0.25, 0.3) is 0 Å². The van der Waals surface area contributed by atoms with Crippen molar-refractivity contribution in [1.82, 2.24) is 20.2 Å².